The van der Waals surface area contributed by atoms with Gasteiger partial charge in [0.25, 0.3) is 0 Å². The highest BCUT2D eigenvalue weighted by molar-refractivity contribution is 5.27. The van der Waals surface area contributed by atoms with Crippen molar-refractivity contribution in [3.8, 4) is 5.75 Å². The first-order valence-corrected chi connectivity index (χ1v) is 4.50. The van der Waals surface area contributed by atoms with Crippen LogP contribution in [0.15, 0.2) is 18.2 Å². The molecule has 0 aliphatic heterocycles. The lowest BCUT2D eigenvalue weighted by Gasteiger charge is -2.04. The second-order valence-electron chi connectivity index (χ2n) is 2.75. The first-order valence-electron chi connectivity index (χ1n) is 4.50. The van der Waals surface area contributed by atoms with Crippen molar-refractivity contribution in [3.05, 3.63) is 29.8 Å². The average molecular weight is 163 g/mol. The molecule has 0 spiro atoms. The average Bonchev–Trinajstić information content (AvgIpc) is 2.15. The van der Waals surface area contributed by atoms with Gasteiger partial charge in [-0.1, -0.05) is 19.9 Å². The summed E-state index contributed by atoms with van der Waals surface area (Å²) in [5, 5.41) is 0. The normalized spacial score (nSPS) is 9.83. The van der Waals surface area contributed by atoms with E-state index in [1.165, 1.54) is 5.56 Å². The van der Waals surface area contributed by atoms with Crippen LogP contribution in [0.3, 0.4) is 0 Å². The maximum Gasteiger partial charge on any atom is 0.119 e. The zero-order valence-electron chi connectivity index (χ0n) is 7.76. The van der Waals surface area contributed by atoms with Gasteiger partial charge in [-0.15, -0.1) is 0 Å². The third-order valence-electron chi connectivity index (χ3n) is 1.69. The molecule has 1 aromatic rings. The van der Waals surface area contributed by atoms with Crippen molar-refractivity contribution in [2.45, 2.75) is 26.7 Å². The molecule has 1 heteroatoms. The summed E-state index contributed by atoms with van der Waals surface area (Å²) in [7, 11) is 0. The van der Waals surface area contributed by atoms with Gasteiger partial charge in [-0.3, -0.25) is 0 Å². The van der Waals surface area contributed by atoms with Crippen LogP contribution in [0.25, 0.3) is 0 Å². The third-order valence-corrected chi connectivity index (χ3v) is 1.69. The summed E-state index contributed by atoms with van der Waals surface area (Å²) in [5.74, 6) is 0.965. The minimum atomic E-state index is 0.799. The van der Waals surface area contributed by atoms with E-state index in [4.69, 9.17) is 4.74 Å². The van der Waals surface area contributed by atoms with Crippen LogP contribution in [0.2, 0.25) is 0 Å². The lowest BCUT2D eigenvalue weighted by atomic mass is 10.2. The van der Waals surface area contributed by atoms with Crippen LogP contribution < -0.4 is 4.74 Å². The fourth-order valence-electron chi connectivity index (χ4n) is 1.01. The lowest BCUT2D eigenvalue weighted by Crippen LogP contribution is -1.95. The van der Waals surface area contributed by atoms with Gasteiger partial charge in [-0.2, -0.15) is 0 Å². The number of ether oxygens (including phenoxy) is 1. The lowest BCUT2D eigenvalue weighted by molar-refractivity contribution is 0.317. The van der Waals surface area contributed by atoms with Crippen molar-refractivity contribution >= 4 is 0 Å². The van der Waals surface area contributed by atoms with Gasteiger partial charge in [0.2, 0.25) is 0 Å². The Labute approximate surface area is 74.4 Å². The van der Waals surface area contributed by atoms with Gasteiger partial charge in [-0.05, 0) is 36.6 Å². The molecule has 0 N–H and O–H groups in total. The van der Waals surface area contributed by atoms with E-state index < -0.39 is 0 Å². The minimum Gasteiger partial charge on any atom is -0.494 e. The number of rotatable bonds is 4. The zero-order chi connectivity index (χ0) is 8.81. The SMILES string of the molecule is CCCOc1cc[c]c(CC)c1. The van der Waals surface area contributed by atoms with Crippen LogP contribution in [0.4, 0.5) is 0 Å². The monoisotopic (exact) mass is 163 g/mol. The van der Waals surface area contributed by atoms with E-state index in [-0.39, 0.29) is 0 Å². The molecule has 1 rings (SSSR count). The van der Waals surface area contributed by atoms with Crippen LogP contribution >= 0.6 is 0 Å². The number of aryl methyl sites for hydroxylation is 1. The summed E-state index contributed by atoms with van der Waals surface area (Å²) >= 11 is 0. The Hall–Kier alpha value is -0.980. The van der Waals surface area contributed by atoms with Crippen molar-refractivity contribution < 1.29 is 4.74 Å². The minimum absolute atomic E-state index is 0.799. The summed E-state index contributed by atoms with van der Waals surface area (Å²) in [4.78, 5) is 0. The Kier molecular flexibility index (Phi) is 3.65. The first kappa shape index (κ1) is 9.11. The zero-order valence-corrected chi connectivity index (χ0v) is 7.76. The van der Waals surface area contributed by atoms with Crippen LogP contribution in [0.5, 0.6) is 5.75 Å². The summed E-state index contributed by atoms with van der Waals surface area (Å²) in [6, 6.07) is 9.08. The Morgan fingerprint density at radius 2 is 2.25 bits per heavy atom. The molecule has 0 atom stereocenters. The van der Waals surface area contributed by atoms with Gasteiger partial charge in [0.15, 0.2) is 0 Å². The topological polar surface area (TPSA) is 9.23 Å². The van der Waals surface area contributed by atoms with Gasteiger partial charge in [0, 0.05) is 0 Å². The maximum absolute atomic E-state index is 5.48. The van der Waals surface area contributed by atoms with E-state index >= 15 is 0 Å². The summed E-state index contributed by atoms with van der Waals surface area (Å²) in [6.45, 7) is 5.03. The molecule has 0 fully saturated rings. The quantitative estimate of drug-likeness (QED) is 0.663. The molecule has 0 heterocycles. The molecule has 0 saturated heterocycles. The van der Waals surface area contributed by atoms with E-state index in [1.54, 1.807) is 0 Å². The molecule has 1 aromatic carbocycles. The molecule has 12 heavy (non-hydrogen) atoms. The van der Waals surface area contributed by atoms with E-state index in [1.807, 2.05) is 12.1 Å². The first-order chi connectivity index (χ1) is 5.86. The Balaban J connectivity index is 2.60. The number of benzene rings is 1. The van der Waals surface area contributed by atoms with Gasteiger partial charge in [-0.25, -0.2) is 0 Å². The fraction of sp³-hybridized carbons (Fsp3) is 0.455. The molecule has 65 valence electrons. The van der Waals surface area contributed by atoms with Gasteiger partial charge < -0.3 is 4.74 Å². The molecule has 0 bridgehead atoms. The van der Waals surface area contributed by atoms with E-state index in [0.717, 1.165) is 25.2 Å². The molecular formula is C11H15O. The number of hydrogen-bond acceptors (Lipinski definition) is 1. The third kappa shape index (κ3) is 2.57. The Morgan fingerprint density at radius 1 is 1.42 bits per heavy atom. The van der Waals surface area contributed by atoms with Crippen molar-refractivity contribution in [1.82, 2.24) is 0 Å². The Morgan fingerprint density at radius 3 is 2.92 bits per heavy atom. The molecule has 0 aliphatic carbocycles. The van der Waals surface area contributed by atoms with Crippen molar-refractivity contribution in [2.24, 2.45) is 0 Å². The Bertz CT molecular complexity index is 230. The van der Waals surface area contributed by atoms with E-state index in [9.17, 15) is 0 Å². The molecule has 0 aromatic heterocycles. The molecule has 1 nitrogen and oxygen atoms in total. The highest BCUT2D eigenvalue weighted by Gasteiger charge is 1.93. The maximum atomic E-state index is 5.48. The molecule has 0 aliphatic rings. The molecule has 0 amide bonds. The van der Waals surface area contributed by atoms with Crippen LogP contribution in [0, 0.1) is 6.07 Å². The van der Waals surface area contributed by atoms with E-state index in [0.29, 0.717) is 0 Å². The summed E-state index contributed by atoms with van der Waals surface area (Å²) in [6.07, 6.45) is 2.07. The summed E-state index contributed by atoms with van der Waals surface area (Å²) in [5.41, 5.74) is 1.21. The smallest absolute Gasteiger partial charge is 0.119 e. The second-order valence-corrected chi connectivity index (χ2v) is 2.75. The molecule has 0 saturated carbocycles. The van der Waals surface area contributed by atoms with Crippen molar-refractivity contribution in [2.75, 3.05) is 6.61 Å². The van der Waals surface area contributed by atoms with Crippen LogP contribution in [-0.4, -0.2) is 6.61 Å². The largest absolute Gasteiger partial charge is 0.494 e. The van der Waals surface area contributed by atoms with Crippen molar-refractivity contribution in [3.63, 3.8) is 0 Å². The van der Waals surface area contributed by atoms with Crippen LogP contribution in [0.1, 0.15) is 25.8 Å². The number of hydrogen-bond donors (Lipinski definition) is 0. The highest BCUT2D eigenvalue weighted by atomic mass is 16.5. The molecular weight excluding hydrogens is 148 g/mol. The van der Waals surface area contributed by atoms with Gasteiger partial charge in [0.05, 0.1) is 6.61 Å². The predicted molar refractivity (Wildman–Crippen MR) is 50.4 cm³/mol. The van der Waals surface area contributed by atoms with Gasteiger partial charge >= 0.3 is 0 Å². The standard InChI is InChI=1S/C11H15O/c1-3-8-12-11-7-5-6-10(4-2)9-11/h5,7,9H,3-4,8H2,1-2H3. The van der Waals surface area contributed by atoms with Crippen molar-refractivity contribution in [1.29, 1.82) is 0 Å². The highest BCUT2D eigenvalue weighted by Crippen LogP contribution is 2.13. The molecule has 0 unspecified atom stereocenters. The second kappa shape index (κ2) is 4.81. The van der Waals surface area contributed by atoms with Crippen LogP contribution in [-0.2, 0) is 6.42 Å². The summed E-state index contributed by atoms with van der Waals surface area (Å²) < 4.78 is 5.48. The van der Waals surface area contributed by atoms with E-state index in [2.05, 4.69) is 26.0 Å². The van der Waals surface area contributed by atoms with Gasteiger partial charge in [0.1, 0.15) is 5.75 Å². The fourth-order valence-corrected chi connectivity index (χ4v) is 1.01. The predicted octanol–water partition coefficient (Wildman–Crippen LogP) is 2.84. The molecule has 1 radical (unpaired) electrons.